The summed E-state index contributed by atoms with van der Waals surface area (Å²) in [4.78, 5) is 4.37. The van der Waals surface area contributed by atoms with Gasteiger partial charge in [0.1, 0.15) is 0 Å². The van der Waals surface area contributed by atoms with E-state index in [1.165, 1.54) is 5.56 Å². The summed E-state index contributed by atoms with van der Waals surface area (Å²) in [6, 6.07) is 10.3. The smallest absolute Gasteiger partial charge is 0.0957 e. The van der Waals surface area contributed by atoms with Gasteiger partial charge in [0.15, 0.2) is 0 Å². The summed E-state index contributed by atoms with van der Waals surface area (Å²) >= 11 is 7.86. The first-order chi connectivity index (χ1) is 8.24. The molecule has 0 aliphatic rings. The van der Waals surface area contributed by atoms with Crippen LogP contribution in [-0.4, -0.2) is 11.2 Å². The lowest BCUT2D eigenvalue weighted by Crippen LogP contribution is -1.86. The molecule has 0 saturated carbocycles. The van der Waals surface area contributed by atoms with Gasteiger partial charge in [-0.15, -0.1) is 11.8 Å². The number of aryl methyl sites for hydroxylation is 1. The van der Waals surface area contributed by atoms with E-state index < -0.39 is 0 Å². The molecule has 0 radical (unpaired) electrons. The Kier molecular flexibility index (Phi) is 4.08. The van der Waals surface area contributed by atoms with E-state index in [-0.39, 0.29) is 0 Å². The van der Waals surface area contributed by atoms with Crippen molar-refractivity contribution in [3.63, 3.8) is 0 Å². The van der Waals surface area contributed by atoms with Crippen LogP contribution >= 0.6 is 23.4 Å². The lowest BCUT2D eigenvalue weighted by atomic mass is 10.0. The zero-order valence-electron chi connectivity index (χ0n) is 9.90. The van der Waals surface area contributed by atoms with E-state index in [1.807, 2.05) is 24.6 Å². The van der Waals surface area contributed by atoms with E-state index in [4.69, 9.17) is 11.6 Å². The molecule has 88 valence electrons. The Morgan fingerprint density at radius 1 is 1.18 bits per heavy atom. The number of hydrogen-bond donors (Lipinski definition) is 0. The van der Waals surface area contributed by atoms with Gasteiger partial charge in [0.2, 0.25) is 0 Å². The topological polar surface area (TPSA) is 12.9 Å². The van der Waals surface area contributed by atoms with Crippen molar-refractivity contribution >= 4 is 23.4 Å². The number of pyridine rings is 1. The Hall–Kier alpha value is -0.990. The number of rotatable bonds is 3. The van der Waals surface area contributed by atoms with Gasteiger partial charge >= 0.3 is 0 Å². The van der Waals surface area contributed by atoms with Crippen LogP contribution in [0.25, 0.3) is 11.1 Å². The molecule has 0 fully saturated rings. The molecule has 0 amide bonds. The van der Waals surface area contributed by atoms with Crippen molar-refractivity contribution in [3.05, 3.63) is 47.1 Å². The molecule has 1 heterocycles. The van der Waals surface area contributed by atoms with Crippen LogP contribution in [-0.2, 0) is 6.42 Å². The van der Waals surface area contributed by atoms with Crippen LogP contribution in [0.5, 0.6) is 0 Å². The maximum absolute atomic E-state index is 6.21. The van der Waals surface area contributed by atoms with Gasteiger partial charge in [0.05, 0.1) is 5.03 Å². The fraction of sp³-hybridized carbons (Fsp3) is 0.214. The monoisotopic (exact) mass is 263 g/mol. The highest BCUT2D eigenvalue weighted by molar-refractivity contribution is 7.98. The van der Waals surface area contributed by atoms with Crippen LogP contribution in [0.15, 0.2) is 41.6 Å². The van der Waals surface area contributed by atoms with Gasteiger partial charge in [0.25, 0.3) is 0 Å². The first-order valence-electron chi connectivity index (χ1n) is 5.53. The first kappa shape index (κ1) is 12.5. The third-order valence-corrected chi connectivity index (χ3v) is 3.72. The quantitative estimate of drug-likeness (QED) is 0.746. The molecule has 0 unspecified atom stereocenters. The molecule has 17 heavy (non-hydrogen) atoms. The number of hydrogen-bond acceptors (Lipinski definition) is 2. The van der Waals surface area contributed by atoms with E-state index in [1.54, 1.807) is 11.8 Å². The van der Waals surface area contributed by atoms with Crippen LogP contribution in [0.2, 0.25) is 5.02 Å². The van der Waals surface area contributed by atoms with Gasteiger partial charge in [-0.3, -0.25) is 0 Å². The molecule has 0 aliphatic heterocycles. The predicted octanol–water partition coefficient (Wildman–Crippen LogP) is 4.69. The average Bonchev–Trinajstić information content (AvgIpc) is 2.39. The Morgan fingerprint density at radius 2 is 1.94 bits per heavy atom. The van der Waals surface area contributed by atoms with Crippen molar-refractivity contribution in [1.29, 1.82) is 0 Å². The average molecular weight is 264 g/mol. The summed E-state index contributed by atoms with van der Waals surface area (Å²) in [6.45, 7) is 2.11. The molecule has 0 atom stereocenters. The standard InChI is InChI=1S/C14H14ClNS/c1-3-10-4-5-11(8-13(10)15)12-6-7-14(17-2)16-9-12/h4-9H,3H2,1-2H3. The molecule has 3 heteroatoms. The number of thioether (sulfide) groups is 1. The largest absolute Gasteiger partial charge is 0.249 e. The highest BCUT2D eigenvalue weighted by Gasteiger charge is 2.03. The second kappa shape index (κ2) is 5.56. The van der Waals surface area contributed by atoms with Crippen LogP contribution in [0.1, 0.15) is 12.5 Å². The van der Waals surface area contributed by atoms with Crippen molar-refractivity contribution in [1.82, 2.24) is 4.98 Å². The van der Waals surface area contributed by atoms with Crippen LogP contribution in [0, 0.1) is 0 Å². The third kappa shape index (κ3) is 2.82. The van der Waals surface area contributed by atoms with Crippen LogP contribution in [0.3, 0.4) is 0 Å². The zero-order chi connectivity index (χ0) is 12.3. The van der Waals surface area contributed by atoms with Crippen molar-refractivity contribution in [3.8, 4) is 11.1 Å². The molecular weight excluding hydrogens is 250 g/mol. The fourth-order valence-corrected chi connectivity index (χ4v) is 2.36. The van der Waals surface area contributed by atoms with Gasteiger partial charge in [-0.25, -0.2) is 4.98 Å². The molecule has 0 N–H and O–H groups in total. The Morgan fingerprint density at radius 3 is 2.47 bits per heavy atom. The molecule has 2 rings (SSSR count). The minimum atomic E-state index is 0.832. The second-order valence-corrected chi connectivity index (χ2v) is 4.98. The van der Waals surface area contributed by atoms with Crippen molar-refractivity contribution < 1.29 is 0 Å². The van der Waals surface area contributed by atoms with E-state index in [2.05, 4.69) is 30.1 Å². The molecule has 1 nitrogen and oxygen atoms in total. The molecule has 1 aromatic carbocycles. The Bertz CT molecular complexity index is 508. The Labute approximate surface area is 111 Å². The normalized spacial score (nSPS) is 10.5. The van der Waals surface area contributed by atoms with Crippen molar-refractivity contribution in [2.24, 2.45) is 0 Å². The van der Waals surface area contributed by atoms with E-state index in [0.717, 1.165) is 27.6 Å². The number of benzene rings is 1. The highest BCUT2D eigenvalue weighted by atomic mass is 35.5. The minimum Gasteiger partial charge on any atom is -0.249 e. The molecule has 2 aromatic rings. The van der Waals surface area contributed by atoms with E-state index >= 15 is 0 Å². The molecule has 0 bridgehead atoms. The lowest BCUT2D eigenvalue weighted by Gasteiger charge is -2.06. The maximum atomic E-state index is 6.21. The SMILES string of the molecule is CCc1ccc(-c2ccc(SC)nc2)cc1Cl. The molecule has 0 saturated heterocycles. The molecular formula is C14H14ClNS. The van der Waals surface area contributed by atoms with Gasteiger partial charge in [-0.05, 0) is 35.9 Å². The predicted molar refractivity (Wildman–Crippen MR) is 75.8 cm³/mol. The minimum absolute atomic E-state index is 0.832. The highest BCUT2D eigenvalue weighted by Crippen LogP contribution is 2.26. The third-order valence-electron chi connectivity index (χ3n) is 2.71. The first-order valence-corrected chi connectivity index (χ1v) is 7.13. The second-order valence-electron chi connectivity index (χ2n) is 3.75. The lowest BCUT2D eigenvalue weighted by molar-refractivity contribution is 1.13. The number of halogens is 1. The van der Waals surface area contributed by atoms with Gasteiger partial charge < -0.3 is 0 Å². The summed E-state index contributed by atoms with van der Waals surface area (Å²) in [5.41, 5.74) is 3.41. The summed E-state index contributed by atoms with van der Waals surface area (Å²) in [6.07, 6.45) is 4.88. The van der Waals surface area contributed by atoms with Gasteiger partial charge in [-0.2, -0.15) is 0 Å². The van der Waals surface area contributed by atoms with Gasteiger partial charge in [0, 0.05) is 16.8 Å². The zero-order valence-corrected chi connectivity index (χ0v) is 11.5. The van der Waals surface area contributed by atoms with Crippen LogP contribution < -0.4 is 0 Å². The molecule has 0 aliphatic carbocycles. The summed E-state index contributed by atoms with van der Waals surface area (Å²) < 4.78 is 0. The van der Waals surface area contributed by atoms with Gasteiger partial charge in [-0.1, -0.05) is 36.7 Å². The molecule has 0 spiro atoms. The van der Waals surface area contributed by atoms with E-state index in [0.29, 0.717) is 0 Å². The summed E-state index contributed by atoms with van der Waals surface area (Å²) in [7, 11) is 0. The van der Waals surface area contributed by atoms with Crippen molar-refractivity contribution in [2.75, 3.05) is 6.26 Å². The number of aromatic nitrogens is 1. The van der Waals surface area contributed by atoms with Crippen molar-refractivity contribution in [2.45, 2.75) is 18.4 Å². The fourth-order valence-electron chi connectivity index (χ4n) is 1.69. The van der Waals surface area contributed by atoms with Crippen LogP contribution in [0.4, 0.5) is 0 Å². The maximum Gasteiger partial charge on any atom is 0.0957 e. The summed E-state index contributed by atoms with van der Waals surface area (Å²) in [5, 5.41) is 1.86. The molecule has 1 aromatic heterocycles. The number of nitrogens with zero attached hydrogens (tertiary/aromatic N) is 1. The van der Waals surface area contributed by atoms with E-state index in [9.17, 15) is 0 Å². The Balaban J connectivity index is 2.35. The summed E-state index contributed by atoms with van der Waals surface area (Å²) in [5.74, 6) is 0.